The predicted octanol–water partition coefficient (Wildman–Crippen LogP) is 1.47. The van der Waals surface area contributed by atoms with Crippen molar-refractivity contribution in [3.05, 3.63) is 29.6 Å². The first-order chi connectivity index (χ1) is 8.76. The first-order valence-electron chi connectivity index (χ1n) is 5.75. The molecule has 6 heteroatoms. The van der Waals surface area contributed by atoms with Crippen LogP contribution in [0.4, 0.5) is 4.39 Å². The van der Waals surface area contributed by atoms with E-state index < -0.39 is 0 Å². The maximum Gasteiger partial charge on any atom is 0.131 e. The number of thioether (sulfide) groups is 1. The number of benzene rings is 1. The van der Waals surface area contributed by atoms with Crippen LogP contribution in [-0.2, 0) is 4.74 Å². The van der Waals surface area contributed by atoms with Crippen molar-refractivity contribution in [2.75, 3.05) is 25.2 Å². The number of nitrogens with one attached hydrogen (secondary N) is 1. The smallest absolute Gasteiger partial charge is 0.131 e. The van der Waals surface area contributed by atoms with Crippen molar-refractivity contribution in [3.63, 3.8) is 0 Å². The van der Waals surface area contributed by atoms with Gasteiger partial charge in [-0.2, -0.15) is 11.8 Å². The van der Waals surface area contributed by atoms with E-state index in [1.165, 1.54) is 13.2 Å². The maximum absolute atomic E-state index is 14.0. The Bertz CT molecular complexity index is 400. The molecule has 0 radical (unpaired) electrons. The molecule has 1 fully saturated rings. The zero-order chi connectivity index (χ0) is 13.0. The molecule has 4 nitrogen and oxygen atoms in total. The third kappa shape index (κ3) is 2.95. The van der Waals surface area contributed by atoms with E-state index in [2.05, 4.69) is 5.43 Å². The van der Waals surface area contributed by atoms with E-state index in [-0.39, 0.29) is 18.0 Å². The normalized spacial score (nSPS) is 21.6. The average molecular weight is 272 g/mol. The van der Waals surface area contributed by atoms with Crippen molar-refractivity contribution in [2.45, 2.75) is 12.1 Å². The molecule has 1 saturated heterocycles. The van der Waals surface area contributed by atoms with Gasteiger partial charge >= 0.3 is 0 Å². The van der Waals surface area contributed by atoms with Gasteiger partial charge in [-0.15, -0.1) is 0 Å². The van der Waals surface area contributed by atoms with Crippen LogP contribution < -0.4 is 16.0 Å². The van der Waals surface area contributed by atoms with Gasteiger partial charge in [0.2, 0.25) is 0 Å². The average Bonchev–Trinajstić information content (AvgIpc) is 2.42. The number of ether oxygens (including phenoxy) is 2. The Balaban J connectivity index is 2.20. The number of nitrogens with two attached hydrogens (primary N) is 1. The minimum atomic E-state index is -0.344. The summed E-state index contributed by atoms with van der Waals surface area (Å²) in [4.78, 5) is 0. The summed E-state index contributed by atoms with van der Waals surface area (Å²) in [7, 11) is 1.51. The molecule has 3 N–H and O–H groups in total. The Labute approximate surface area is 110 Å². The molecule has 0 saturated carbocycles. The predicted molar refractivity (Wildman–Crippen MR) is 70.1 cm³/mol. The number of hydrogen-bond acceptors (Lipinski definition) is 5. The second kappa shape index (κ2) is 6.38. The van der Waals surface area contributed by atoms with Gasteiger partial charge in [-0.1, -0.05) is 6.07 Å². The minimum Gasteiger partial charge on any atom is -0.497 e. The number of rotatable bonds is 4. The van der Waals surface area contributed by atoms with Crippen molar-refractivity contribution in [1.29, 1.82) is 0 Å². The van der Waals surface area contributed by atoms with Gasteiger partial charge in [-0.05, 0) is 6.07 Å². The van der Waals surface area contributed by atoms with E-state index in [4.69, 9.17) is 15.3 Å². The van der Waals surface area contributed by atoms with E-state index >= 15 is 0 Å². The third-order valence-corrected chi connectivity index (χ3v) is 3.96. The van der Waals surface area contributed by atoms with Gasteiger partial charge in [0, 0.05) is 23.1 Å². The molecule has 2 unspecified atom stereocenters. The lowest BCUT2D eigenvalue weighted by atomic mass is 10.0. The number of methoxy groups -OCH3 is 1. The molecule has 2 atom stereocenters. The van der Waals surface area contributed by atoms with Gasteiger partial charge in [0.25, 0.3) is 0 Å². The quantitative estimate of drug-likeness (QED) is 0.642. The van der Waals surface area contributed by atoms with E-state index in [0.29, 0.717) is 17.9 Å². The highest BCUT2D eigenvalue weighted by atomic mass is 32.2. The van der Waals surface area contributed by atoms with Crippen LogP contribution in [0, 0.1) is 5.82 Å². The molecule has 100 valence electrons. The first-order valence-corrected chi connectivity index (χ1v) is 6.90. The van der Waals surface area contributed by atoms with Crippen molar-refractivity contribution >= 4 is 11.8 Å². The van der Waals surface area contributed by atoms with Crippen molar-refractivity contribution in [3.8, 4) is 5.75 Å². The Morgan fingerprint density at radius 1 is 1.61 bits per heavy atom. The van der Waals surface area contributed by atoms with Crippen LogP contribution >= 0.6 is 11.8 Å². The lowest BCUT2D eigenvalue weighted by Gasteiger charge is -2.30. The minimum absolute atomic E-state index is 0.114. The summed E-state index contributed by atoms with van der Waals surface area (Å²) in [6, 6.07) is 4.42. The molecule has 18 heavy (non-hydrogen) atoms. The van der Waals surface area contributed by atoms with Gasteiger partial charge in [0.1, 0.15) is 11.6 Å². The Morgan fingerprint density at radius 3 is 3.00 bits per heavy atom. The van der Waals surface area contributed by atoms with Crippen LogP contribution in [0.2, 0.25) is 0 Å². The summed E-state index contributed by atoms with van der Waals surface area (Å²) in [5.74, 6) is 7.47. The Hall–Kier alpha value is -0.820. The highest BCUT2D eigenvalue weighted by Crippen LogP contribution is 2.28. The van der Waals surface area contributed by atoms with Crippen LogP contribution in [0.1, 0.15) is 11.6 Å². The summed E-state index contributed by atoms with van der Waals surface area (Å²) in [6.45, 7) is 0.672. The molecule has 0 bridgehead atoms. The molecule has 2 rings (SSSR count). The van der Waals surface area contributed by atoms with Crippen LogP contribution in [-0.4, -0.2) is 31.3 Å². The molecule has 1 heterocycles. The van der Waals surface area contributed by atoms with Crippen LogP contribution in [0.15, 0.2) is 18.2 Å². The molecule has 0 aromatic heterocycles. The van der Waals surface area contributed by atoms with Gasteiger partial charge < -0.3 is 9.47 Å². The van der Waals surface area contributed by atoms with E-state index in [0.717, 1.165) is 11.5 Å². The first kappa shape index (κ1) is 13.6. The fourth-order valence-corrected chi connectivity index (χ4v) is 2.88. The summed E-state index contributed by atoms with van der Waals surface area (Å²) in [6.07, 6.45) is -0.114. The lowest BCUT2D eigenvalue weighted by Crippen LogP contribution is -2.41. The third-order valence-electron chi connectivity index (χ3n) is 2.94. The molecule has 1 aliphatic rings. The zero-order valence-electron chi connectivity index (χ0n) is 10.2. The van der Waals surface area contributed by atoms with Crippen LogP contribution in [0.5, 0.6) is 5.75 Å². The van der Waals surface area contributed by atoms with Crippen molar-refractivity contribution < 1.29 is 13.9 Å². The molecular formula is C12H17FN2O2S. The van der Waals surface area contributed by atoms with Crippen LogP contribution in [0.3, 0.4) is 0 Å². The second-order valence-corrected chi connectivity index (χ2v) is 5.17. The number of hydrogen-bond donors (Lipinski definition) is 2. The largest absolute Gasteiger partial charge is 0.497 e. The highest BCUT2D eigenvalue weighted by Gasteiger charge is 2.27. The van der Waals surface area contributed by atoms with E-state index in [1.54, 1.807) is 23.9 Å². The Kier molecular flexibility index (Phi) is 4.82. The standard InChI is InChI=1S/C12H17FN2O2S/c1-16-8-2-3-9(10(13)6-8)12(15-14)11-7-18-5-4-17-11/h2-3,6,11-12,15H,4-5,7,14H2,1H3. The van der Waals surface area contributed by atoms with Gasteiger partial charge in [-0.25, -0.2) is 4.39 Å². The molecule has 1 aliphatic heterocycles. The van der Waals surface area contributed by atoms with Crippen molar-refractivity contribution in [1.82, 2.24) is 5.43 Å². The van der Waals surface area contributed by atoms with E-state index in [1.807, 2.05) is 0 Å². The van der Waals surface area contributed by atoms with Crippen molar-refractivity contribution in [2.24, 2.45) is 5.84 Å². The monoisotopic (exact) mass is 272 g/mol. The molecule has 0 aliphatic carbocycles. The number of hydrazine groups is 1. The molecule has 1 aromatic rings. The SMILES string of the molecule is COc1ccc(C(NN)C2CSCCO2)c(F)c1. The highest BCUT2D eigenvalue weighted by molar-refractivity contribution is 7.99. The summed E-state index contributed by atoms with van der Waals surface area (Å²) in [5.41, 5.74) is 3.15. The van der Waals surface area contributed by atoms with Crippen LogP contribution in [0.25, 0.3) is 0 Å². The van der Waals surface area contributed by atoms with E-state index in [9.17, 15) is 4.39 Å². The second-order valence-electron chi connectivity index (χ2n) is 4.02. The molecule has 1 aromatic carbocycles. The topological polar surface area (TPSA) is 56.5 Å². The zero-order valence-corrected chi connectivity index (χ0v) is 11.0. The van der Waals surface area contributed by atoms with Gasteiger partial charge in [0.15, 0.2) is 0 Å². The molecule has 0 spiro atoms. The summed E-state index contributed by atoms with van der Waals surface area (Å²) < 4.78 is 24.6. The lowest BCUT2D eigenvalue weighted by molar-refractivity contribution is 0.0458. The van der Waals surface area contributed by atoms with Gasteiger partial charge in [-0.3, -0.25) is 11.3 Å². The summed E-state index contributed by atoms with van der Waals surface area (Å²) in [5, 5.41) is 0. The maximum atomic E-state index is 14.0. The fraction of sp³-hybridized carbons (Fsp3) is 0.500. The summed E-state index contributed by atoms with van der Waals surface area (Å²) >= 11 is 1.79. The number of halogens is 1. The molecule has 0 amide bonds. The Morgan fingerprint density at radius 2 is 2.44 bits per heavy atom. The fourth-order valence-electron chi connectivity index (χ4n) is 1.98. The molecular weight excluding hydrogens is 255 g/mol. The van der Waals surface area contributed by atoms with Gasteiger partial charge in [0.05, 0.1) is 25.9 Å².